The van der Waals surface area contributed by atoms with Gasteiger partial charge >= 0.3 is 0 Å². The van der Waals surface area contributed by atoms with Crippen molar-refractivity contribution in [3.8, 4) is 0 Å². The van der Waals surface area contributed by atoms with Crippen molar-refractivity contribution in [2.45, 2.75) is 26.0 Å². The summed E-state index contributed by atoms with van der Waals surface area (Å²) in [4.78, 5) is 11.8. The number of halogens is 1. The summed E-state index contributed by atoms with van der Waals surface area (Å²) in [6.45, 7) is 2.66. The van der Waals surface area contributed by atoms with Crippen molar-refractivity contribution in [3.63, 3.8) is 0 Å². The van der Waals surface area contributed by atoms with E-state index in [-0.39, 0.29) is 12.3 Å². The molecule has 118 valence electrons. The summed E-state index contributed by atoms with van der Waals surface area (Å²) in [6, 6.07) is 5.57. The molecule has 1 heterocycles. The lowest BCUT2D eigenvalue weighted by Gasteiger charge is -2.12. The van der Waals surface area contributed by atoms with Crippen molar-refractivity contribution in [3.05, 3.63) is 46.2 Å². The number of rotatable bonds is 6. The first kappa shape index (κ1) is 16.3. The molecule has 22 heavy (non-hydrogen) atoms. The number of nitrogens with one attached hydrogen (secondary N) is 2. The number of nitrogens with zero attached hydrogens (tertiary/aromatic N) is 2. The van der Waals surface area contributed by atoms with Crippen molar-refractivity contribution >= 4 is 18.1 Å². The van der Waals surface area contributed by atoms with Gasteiger partial charge in [-0.2, -0.15) is 5.10 Å². The SMILES string of the molecule is Cc1n[nH]c(=S)n1CCNC(=O)C[C@H](O)c1cccc(F)c1. The molecule has 0 radical (unpaired) electrons. The second-order valence-corrected chi connectivity index (χ2v) is 5.24. The maximum atomic E-state index is 13.1. The van der Waals surface area contributed by atoms with Crippen molar-refractivity contribution in [2.75, 3.05) is 6.54 Å². The molecule has 6 nitrogen and oxygen atoms in total. The Morgan fingerprint density at radius 1 is 1.59 bits per heavy atom. The maximum absolute atomic E-state index is 13.1. The largest absolute Gasteiger partial charge is 0.388 e. The van der Waals surface area contributed by atoms with Gasteiger partial charge in [0.15, 0.2) is 4.77 Å². The second kappa shape index (κ2) is 7.28. The molecule has 0 aliphatic carbocycles. The van der Waals surface area contributed by atoms with Crippen LogP contribution in [0.1, 0.15) is 23.9 Å². The molecule has 0 saturated heterocycles. The molecular formula is C14H17FN4O2S. The van der Waals surface area contributed by atoms with Gasteiger partial charge in [-0.1, -0.05) is 12.1 Å². The predicted octanol–water partition coefficient (Wildman–Crippen LogP) is 1.63. The Hall–Kier alpha value is -2.06. The molecule has 1 atom stereocenters. The number of benzene rings is 1. The van der Waals surface area contributed by atoms with Gasteiger partial charge in [0.2, 0.25) is 5.91 Å². The van der Waals surface area contributed by atoms with Crippen LogP contribution in [0.5, 0.6) is 0 Å². The number of carbonyl (C=O) groups is 1. The van der Waals surface area contributed by atoms with E-state index in [0.29, 0.717) is 23.4 Å². The fraction of sp³-hybridized carbons (Fsp3) is 0.357. The molecule has 0 aliphatic heterocycles. The summed E-state index contributed by atoms with van der Waals surface area (Å²) in [6.07, 6.45) is -1.16. The number of hydrogen-bond acceptors (Lipinski definition) is 4. The van der Waals surface area contributed by atoms with E-state index in [9.17, 15) is 14.3 Å². The molecule has 2 rings (SSSR count). The Balaban J connectivity index is 1.82. The number of hydrogen-bond donors (Lipinski definition) is 3. The second-order valence-electron chi connectivity index (χ2n) is 4.85. The number of carbonyl (C=O) groups excluding carboxylic acids is 1. The Kier molecular flexibility index (Phi) is 5.40. The minimum Gasteiger partial charge on any atom is -0.388 e. The normalized spacial score (nSPS) is 12.1. The van der Waals surface area contributed by atoms with Crippen LogP contribution in [0.25, 0.3) is 0 Å². The molecule has 1 aromatic carbocycles. The van der Waals surface area contributed by atoms with Crippen LogP contribution in [-0.4, -0.2) is 32.3 Å². The van der Waals surface area contributed by atoms with E-state index in [1.54, 1.807) is 10.6 Å². The predicted molar refractivity (Wildman–Crippen MR) is 81.1 cm³/mol. The topological polar surface area (TPSA) is 82.9 Å². The molecule has 2 aromatic rings. The highest BCUT2D eigenvalue weighted by atomic mass is 32.1. The zero-order valence-corrected chi connectivity index (χ0v) is 12.9. The van der Waals surface area contributed by atoms with Crippen LogP contribution in [0, 0.1) is 17.5 Å². The first-order valence-corrected chi connectivity index (χ1v) is 7.20. The van der Waals surface area contributed by atoms with Gasteiger partial charge in [0, 0.05) is 13.1 Å². The number of aliphatic hydroxyl groups excluding tert-OH is 1. The van der Waals surface area contributed by atoms with Gasteiger partial charge in [-0.3, -0.25) is 9.89 Å². The quantitative estimate of drug-likeness (QED) is 0.705. The van der Waals surface area contributed by atoms with Crippen LogP contribution < -0.4 is 5.32 Å². The van der Waals surface area contributed by atoms with E-state index in [4.69, 9.17) is 12.2 Å². The molecule has 1 amide bonds. The van der Waals surface area contributed by atoms with E-state index in [1.165, 1.54) is 18.2 Å². The third kappa shape index (κ3) is 4.22. The zero-order chi connectivity index (χ0) is 16.1. The Bertz CT molecular complexity index is 713. The van der Waals surface area contributed by atoms with Crippen LogP contribution in [0.3, 0.4) is 0 Å². The number of amides is 1. The van der Waals surface area contributed by atoms with Crippen molar-refractivity contribution in [1.82, 2.24) is 20.1 Å². The lowest BCUT2D eigenvalue weighted by Crippen LogP contribution is -2.28. The van der Waals surface area contributed by atoms with Gasteiger partial charge in [-0.05, 0) is 36.8 Å². The average Bonchev–Trinajstić information content (AvgIpc) is 2.79. The van der Waals surface area contributed by atoms with Gasteiger partial charge in [-0.15, -0.1) is 0 Å². The van der Waals surface area contributed by atoms with Crippen LogP contribution in [0.15, 0.2) is 24.3 Å². The molecule has 0 unspecified atom stereocenters. The third-order valence-electron chi connectivity index (χ3n) is 3.22. The monoisotopic (exact) mass is 324 g/mol. The lowest BCUT2D eigenvalue weighted by atomic mass is 10.1. The summed E-state index contributed by atoms with van der Waals surface area (Å²) in [5.41, 5.74) is 0.378. The van der Waals surface area contributed by atoms with Gasteiger partial charge in [-0.25, -0.2) is 4.39 Å². The zero-order valence-electron chi connectivity index (χ0n) is 12.0. The number of aliphatic hydroxyl groups is 1. The smallest absolute Gasteiger partial charge is 0.223 e. The van der Waals surface area contributed by atoms with Gasteiger partial charge in [0.1, 0.15) is 11.6 Å². The van der Waals surface area contributed by atoms with E-state index in [2.05, 4.69) is 15.5 Å². The first-order valence-electron chi connectivity index (χ1n) is 6.79. The Morgan fingerprint density at radius 3 is 3.00 bits per heavy atom. The summed E-state index contributed by atoms with van der Waals surface area (Å²) < 4.78 is 15.3. The van der Waals surface area contributed by atoms with Crippen LogP contribution in [-0.2, 0) is 11.3 Å². The fourth-order valence-corrected chi connectivity index (χ4v) is 2.32. The molecule has 8 heteroatoms. The maximum Gasteiger partial charge on any atom is 0.223 e. The van der Waals surface area contributed by atoms with Gasteiger partial charge < -0.3 is 15.0 Å². The highest BCUT2D eigenvalue weighted by molar-refractivity contribution is 7.71. The summed E-state index contributed by atoms with van der Waals surface area (Å²) in [7, 11) is 0. The van der Waals surface area contributed by atoms with Crippen molar-refractivity contribution < 1.29 is 14.3 Å². The Morgan fingerprint density at radius 2 is 2.36 bits per heavy atom. The molecule has 0 fully saturated rings. The van der Waals surface area contributed by atoms with Crippen molar-refractivity contribution in [1.29, 1.82) is 0 Å². The van der Waals surface area contributed by atoms with Crippen LogP contribution in [0.4, 0.5) is 4.39 Å². The summed E-state index contributed by atoms with van der Waals surface area (Å²) >= 11 is 5.05. The summed E-state index contributed by atoms with van der Waals surface area (Å²) in [5.74, 6) is -0.0229. The van der Waals surface area contributed by atoms with E-state index in [1.807, 2.05) is 6.92 Å². The molecule has 3 N–H and O–H groups in total. The lowest BCUT2D eigenvalue weighted by molar-refractivity contribution is -0.123. The van der Waals surface area contributed by atoms with Gasteiger partial charge in [0.05, 0.1) is 12.5 Å². The fourth-order valence-electron chi connectivity index (χ4n) is 2.05. The highest BCUT2D eigenvalue weighted by Gasteiger charge is 2.13. The highest BCUT2D eigenvalue weighted by Crippen LogP contribution is 2.17. The molecular weight excluding hydrogens is 307 g/mol. The minimum atomic E-state index is -1.03. The molecule has 1 aromatic heterocycles. The molecule has 0 spiro atoms. The van der Waals surface area contributed by atoms with E-state index < -0.39 is 11.9 Å². The first-order chi connectivity index (χ1) is 10.5. The van der Waals surface area contributed by atoms with Crippen LogP contribution in [0.2, 0.25) is 0 Å². The number of H-pyrrole nitrogens is 1. The minimum absolute atomic E-state index is 0.126. The van der Waals surface area contributed by atoms with Gasteiger partial charge in [0.25, 0.3) is 0 Å². The van der Waals surface area contributed by atoms with E-state index >= 15 is 0 Å². The van der Waals surface area contributed by atoms with Crippen molar-refractivity contribution in [2.24, 2.45) is 0 Å². The molecule has 0 aliphatic rings. The summed E-state index contributed by atoms with van der Waals surface area (Å²) in [5, 5.41) is 19.2. The Labute approximate surface area is 132 Å². The molecule has 0 saturated carbocycles. The average molecular weight is 324 g/mol. The standard InChI is InChI=1S/C14H17FN4O2S/c1-9-17-18-14(22)19(9)6-5-16-13(21)8-12(20)10-3-2-4-11(15)7-10/h2-4,7,12,20H,5-6,8H2,1H3,(H,16,21)(H,18,22)/t12-/m0/s1. The molecule has 0 bridgehead atoms. The number of aromatic nitrogens is 3. The third-order valence-corrected chi connectivity index (χ3v) is 3.53. The number of aromatic amines is 1. The number of aryl methyl sites for hydroxylation is 1. The van der Waals surface area contributed by atoms with Crippen LogP contribution >= 0.6 is 12.2 Å². The van der Waals surface area contributed by atoms with E-state index in [0.717, 1.165) is 5.82 Å².